The summed E-state index contributed by atoms with van der Waals surface area (Å²) in [6, 6.07) is 0.668. The van der Waals surface area contributed by atoms with E-state index in [9.17, 15) is 5.11 Å². The Hall–Kier alpha value is -0.0800. The Morgan fingerprint density at radius 2 is 1.76 bits per heavy atom. The summed E-state index contributed by atoms with van der Waals surface area (Å²) in [5.41, 5.74) is 0.0292. The number of rotatable bonds is 4. The lowest BCUT2D eigenvalue weighted by molar-refractivity contribution is 0.0332. The summed E-state index contributed by atoms with van der Waals surface area (Å²) < 4.78 is 0. The van der Waals surface area contributed by atoms with Crippen molar-refractivity contribution in [2.45, 2.75) is 76.8 Å². The van der Waals surface area contributed by atoms with Crippen LogP contribution in [0.1, 0.15) is 65.2 Å². The molecule has 2 rings (SSSR count). The van der Waals surface area contributed by atoms with Gasteiger partial charge in [0.1, 0.15) is 0 Å². The molecule has 0 spiro atoms. The predicted molar refractivity (Wildman–Crippen MR) is 72.0 cm³/mol. The first-order chi connectivity index (χ1) is 8.18. The van der Waals surface area contributed by atoms with Crippen LogP contribution < -0.4 is 5.32 Å². The minimum Gasteiger partial charge on any atom is -0.394 e. The van der Waals surface area contributed by atoms with Gasteiger partial charge in [0, 0.05) is 11.6 Å². The van der Waals surface area contributed by atoms with Gasteiger partial charge in [-0.1, -0.05) is 39.5 Å². The van der Waals surface area contributed by atoms with Gasteiger partial charge in [0.05, 0.1) is 6.61 Å². The highest BCUT2D eigenvalue weighted by Crippen LogP contribution is 2.39. The van der Waals surface area contributed by atoms with E-state index < -0.39 is 0 Å². The minimum absolute atomic E-state index is 0.0292. The molecule has 2 unspecified atom stereocenters. The van der Waals surface area contributed by atoms with E-state index in [1.165, 1.54) is 51.4 Å². The third-order valence-electron chi connectivity index (χ3n) is 5.03. The summed E-state index contributed by atoms with van der Waals surface area (Å²) in [5, 5.41) is 13.8. The van der Waals surface area contributed by atoms with E-state index in [0.29, 0.717) is 24.5 Å². The highest BCUT2D eigenvalue weighted by Gasteiger charge is 2.42. The second-order valence-corrected chi connectivity index (χ2v) is 6.54. The zero-order valence-electron chi connectivity index (χ0n) is 11.5. The van der Waals surface area contributed by atoms with E-state index in [1.807, 2.05) is 0 Å². The molecule has 0 aromatic carbocycles. The minimum atomic E-state index is 0.0292. The number of aliphatic hydroxyl groups is 1. The molecule has 0 aliphatic heterocycles. The van der Waals surface area contributed by atoms with Crippen LogP contribution in [0.3, 0.4) is 0 Å². The predicted octanol–water partition coefficient (Wildman–Crippen LogP) is 3.10. The van der Waals surface area contributed by atoms with Crippen molar-refractivity contribution in [3.05, 3.63) is 0 Å². The molecule has 100 valence electrons. The highest BCUT2D eigenvalue weighted by atomic mass is 16.3. The summed E-state index contributed by atoms with van der Waals surface area (Å²) in [5.74, 6) is 1.33. The zero-order valence-corrected chi connectivity index (χ0v) is 11.5. The molecular weight excluding hydrogens is 210 g/mol. The van der Waals surface area contributed by atoms with Gasteiger partial charge >= 0.3 is 0 Å². The molecule has 2 aliphatic carbocycles. The second kappa shape index (κ2) is 5.71. The van der Waals surface area contributed by atoms with Crippen molar-refractivity contribution in [3.63, 3.8) is 0 Å². The van der Waals surface area contributed by atoms with Crippen molar-refractivity contribution >= 4 is 0 Å². The van der Waals surface area contributed by atoms with Gasteiger partial charge in [0.15, 0.2) is 0 Å². The standard InChI is InChI=1S/C15H29NO/c1-12(2)14-9-5-6-10-15(14,11-17)16-13-7-3-4-8-13/h12-14,16-17H,3-11H2,1-2H3. The van der Waals surface area contributed by atoms with Crippen molar-refractivity contribution in [1.29, 1.82) is 0 Å². The van der Waals surface area contributed by atoms with Gasteiger partial charge in [-0.05, 0) is 37.5 Å². The van der Waals surface area contributed by atoms with E-state index >= 15 is 0 Å². The van der Waals surface area contributed by atoms with Gasteiger partial charge < -0.3 is 10.4 Å². The molecule has 17 heavy (non-hydrogen) atoms. The molecular formula is C15H29NO. The lowest BCUT2D eigenvalue weighted by Crippen LogP contribution is -2.59. The van der Waals surface area contributed by atoms with Crippen LogP contribution in [0.2, 0.25) is 0 Å². The smallest absolute Gasteiger partial charge is 0.0616 e. The fraction of sp³-hybridized carbons (Fsp3) is 1.00. The Morgan fingerprint density at radius 3 is 2.35 bits per heavy atom. The molecule has 0 radical (unpaired) electrons. The Morgan fingerprint density at radius 1 is 1.12 bits per heavy atom. The third kappa shape index (κ3) is 2.85. The van der Waals surface area contributed by atoms with Gasteiger partial charge in [0.25, 0.3) is 0 Å². The molecule has 2 nitrogen and oxygen atoms in total. The van der Waals surface area contributed by atoms with E-state index in [0.717, 1.165) is 0 Å². The van der Waals surface area contributed by atoms with Crippen LogP contribution in [-0.4, -0.2) is 23.3 Å². The maximum atomic E-state index is 9.96. The van der Waals surface area contributed by atoms with Crippen molar-refractivity contribution in [2.24, 2.45) is 11.8 Å². The molecule has 2 fully saturated rings. The zero-order chi connectivity index (χ0) is 12.3. The van der Waals surface area contributed by atoms with Crippen LogP contribution in [0.25, 0.3) is 0 Å². The quantitative estimate of drug-likeness (QED) is 0.790. The van der Waals surface area contributed by atoms with Gasteiger partial charge in [-0.2, -0.15) is 0 Å². The molecule has 2 aliphatic rings. The topological polar surface area (TPSA) is 32.3 Å². The third-order valence-corrected chi connectivity index (χ3v) is 5.03. The molecule has 0 bridgehead atoms. The number of aliphatic hydroxyl groups excluding tert-OH is 1. The molecule has 0 saturated heterocycles. The molecule has 2 saturated carbocycles. The Labute approximate surface area is 106 Å². The van der Waals surface area contributed by atoms with Crippen LogP contribution in [0.15, 0.2) is 0 Å². The van der Waals surface area contributed by atoms with Crippen LogP contribution in [0.5, 0.6) is 0 Å². The van der Waals surface area contributed by atoms with E-state index in [2.05, 4.69) is 19.2 Å². The number of nitrogens with one attached hydrogen (secondary N) is 1. The SMILES string of the molecule is CC(C)C1CCCCC1(CO)NC1CCCC1. The Kier molecular flexibility index (Phi) is 4.48. The van der Waals surface area contributed by atoms with Gasteiger partial charge in [0.2, 0.25) is 0 Å². The highest BCUT2D eigenvalue weighted by molar-refractivity contribution is 5.00. The van der Waals surface area contributed by atoms with E-state index in [-0.39, 0.29) is 5.54 Å². The summed E-state index contributed by atoms with van der Waals surface area (Å²) >= 11 is 0. The monoisotopic (exact) mass is 239 g/mol. The van der Waals surface area contributed by atoms with Crippen molar-refractivity contribution in [2.75, 3.05) is 6.61 Å². The van der Waals surface area contributed by atoms with E-state index in [4.69, 9.17) is 0 Å². The molecule has 2 atom stereocenters. The van der Waals surface area contributed by atoms with Crippen molar-refractivity contribution in [1.82, 2.24) is 5.32 Å². The first kappa shape index (κ1) is 13.4. The van der Waals surface area contributed by atoms with Gasteiger partial charge in [-0.15, -0.1) is 0 Å². The summed E-state index contributed by atoms with van der Waals surface area (Å²) in [6.45, 7) is 4.96. The average Bonchev–Trinajstić information content (AvgIpc) is 2.82. The van der Waals surface area contributed by atoms with Gasteiger partial charge in [-0.3, -0.25) is 0 Å². The van der Waals surface area contributed by atoms with Crippen LogP contribution in [-0.2, 0) is 0 Å². The first-order valence-electron chi connectivity index (χ1n) is 7.56. The van der Waals surface area contributed by atoms with Crippen LogP contribution in [0, 0.1) is 11.8 Å². The summed E-state index contributed by atoms with van der Waals surface area (Å²) in [7, 11) is 0. The first-order valence-corrected chi connectivity index (χ1v) is 7.56. The van der Waals surface area contributed by atoms with Crippen molar-refractivity contribution < 1.29 is 5.11 Å². The van der Waals surface area contributed by atoms with Gasteiger partial charge in [-0.25, -0.2) is 0 Å². The maximum absolute atomic E-state index is 9.96. The van der Waals surface area contributed by atoms with E-state index in [1.54, 1.807) is 0 Å². The van der Waals surface area contributed by atoms with Crippen molar-refractivity contribution in [3.8, 4) is 0 Å². The number of hydrogen-bond acceptors (Lipinski definition) is 2. The molecule has 0 heterocycles. The molecule has 0 amide bonds. The Balaban J connectivity index is 2.07. The average molecular weight is 239 g/mol. The fourth-order valence-electron chi connectivity index (χ4n) is 4.14. The molecule has 0 aromatic heterocycles. The summed E-state index contributed by atoms with van der Waals surface area (Å²) in [4.78, 5) is 0. The maximum Gasteiger partial charge on any atom is 0.0616 e. The molecule has 0 aromatic rings. The summed E-state index contributed by atoms with van der Waals surface area (Å²) in [6.07, 6.45) is 10.4. The largest absolute Gasteiger partial charge is 0.394 e. The Bertz CT molecular complexity index is 235. The van der Waals surface area contributed by atoms with Crippen LogP contribution >= 0.6 is 0 Å². The molecule has 2 heteroatoms. The lowest BCUT2D eigenvalue weighted by atomic mass is 9.68. The lowest BCUT2D eigenvalue weighted by Gasteiger charge is -2.47. The number of hydrogen-bond donors (Lipinski definition) is 2. The fourth-order valence-corrected chi connectivity index (χ4v) is 4.14. The molecule has 2 N–H and O–H groups in total. The normalized spacial score (nSPS) is 35.6. The van der Waals surface area contributed by atoms with Crippen LogP contribution in [0.4, 0.5) is 0 Å². The second-order valence-electron chi connectivity index (χ2n) is 6.54.